The third-order valence-corrected chi connectivity index (χ3v) is 12.0. The number of hydrogen-bond donors (Lipinski definition) is 2. The van der Waals surface area contributed by atoms with Gasteiger partial charge in [-0.15, -0.1) is 0 Å². The molecular weight excluding hydrogens is 804 g/mol. The standard InChI is InChI=1S/C23H31BrN2O4.C18H23BrN2O2/c1-23(2,3)30-22(28)25-12-13-26-18-14-16(21(27)29-4)10-11-17(18)19(20(26)24)15-8-6-5-7-9-15;1-23-18(22)13-7-8-14-15(11-13)21(10-9-20)17(19)16(14)12-5-3-2-4-6-12/h10-11,14-15H,5-9,12-13H2,1-4H3,(H,25,28);7-8,11-12H,2-6,9-10,20H2,1H3. The topological polar surface area (TPSA) is 127 Å². The van der Waals surface area contributed by atoms with E-state index in [9.17, 15) is 14.4 Å². The Labute approximate surface area is 329 Å². The number of nitrogens with two attached hydrogens (primary N) is 1. The molecular formula is C41H54Br2N4O6. The number of aromatic nitrogens is 2. The highest BCUT2D eigenvalue weighted by Crippen LogP contribution is 2.44. The molecule has 2 fully saturated rings. The number of carbonyl (C=O) groups excluding carboxylic acids is 3. The van der Waals surface area contributed by atoms with Crippen LogP contribution in [0, 0.1) is 0 Å². The van der Waals surface area contributed by atoms with E-state index in [1.54, 1.807) is 0 Å². The van der Waals surface area contributed by atoms with Crippen molar-refractivity contribution in [2.45, 2.75) is 116 Å². The van der Waals surface area contributed by atoms with Crippen molar-refractivity contribution in [1.82, 2.24) is 14.5 Å². The number of fused-ring (bicyclic) bond motifs is 2. The lowest BCUT2D eigenvalue weighted by atomic mass is 9.84. The molecule has 0 spiro atoms. The van der Waals surface area contributed by atoms with Gasteiger partial charge in [-0.2, -0.15) is 0 Å². The zero-order chi connectivity index (χ0) is 38.3. The molecule has 3 N–H and O–H groups in total. The molecule has 2 aliphatic rings. The second-order valence-electron chi connectivity index (χ2n) is 15.0. The molecule has 288 valence electrons. The average molecular weight is 859 g/mol. The number of benzene rings is 2. The monoisotopic (exact) mass is 856 g/mol. The van der Waals surface area contributed by atoms with Crippen molar-refractivity contribution in [3.05, 3.63) is 67.9 Å². The largest absolute Gasteiger partial charge is 0.465 e. The maximum Gasteiger partial charge on any atom is 0.407 e. The highest BCUT2D eigenvalue weighted by Gasteiger charge is 2.27. The molecule has 2 aromatic carbocycles. The van der Waals surface area contributed by atoms with Crippen molar-refractivity contribution in [2.24, 2.45) is 5.73 Å². The van der Waals surface area contributed by atoms with Crippen LogP contribution in [0.25, 0.3) is 21.8 Å². The molecule has 10 nitrogen and oxygen atoms in total. The quantitative estimate of drug-likeness (QED) is 0.127. The number of amides is 1. The van der Waals surface area contributed by atoms with Gasteiger partial charge in [0.25, 0.3) is 0 Å². The van der Waals surface area contributed by atoms with Gasteiger partial charge in [-0.05, 0) is 126 Å². The molecule has 4 aromatic rings. The van der Waals surface area contributed by atoms with Gasteiger partial charge in [-0.25, -0.2) is 14.4 Å². The van der Waals surface area contributed by atoms with Crippen LogP contribution in [-0.2, 0) is 27.3 Å². The molecule has 2 aromatic heterocycles. The SMILES string of the molecule is COC(=O)c1ccc2c(C3CCCCC3)c(Br)n(CCN)c2c1.COC(=O)c1ccc2c(C3CCCCC3)c(Br)n(CCNC(=O)OC(C)(C)C)c2c1. The third kappa shape index (κ3) is 9.67. The Kier molecular flexibility index (Phi) is 14.1. The molecule has 0 atom stereocenters. The average Bonchev–Trinajstić information content (AvgIpc) is 3.59. The Morgan fingerprint density at radius 2 is 1.17 bits per heavy atom. The van der Waals surface area contributed by atoms with Crippen LogP contribution in [0.1, 0.15) is 129 Å². The molecule has 0 radical (unpaired) electrons. The molecule has 2 aliphatic carbocycles. The minimum Gasteiger partial charge on any atom is -0.465 e. The number of hydrogen-bond acceptors (Lipinski definition) is 7. The van der Waals surface area contributed by atoms with E-state index in [0.717, 1.165) is 32.2 Å². The molecule has 0 unspecified atom stereocenters. The van der Waals surface area contributed by atoms with E-state index in [1.807, 2.05) is 51.1 Å². The highest BCUT2D eigenvalue weighted by atomic mass is 79.9. The van der Waals surface area contributed by atoms with Crippen LogP contribution in [0.4, 0.5) is 4.79 Å². The maximum absolute atomic E-state index is 12.1. The Bertz CT molecular complexity index is 1910. The first-order valence-electron chi connectivity index (χ1n) is 18.8. The van der Waals surface area contributed by atoms with Gasteiger partial charge in [0.15, 0.2) is 0 Å². The Hall–Kier alpha value is -3.35. The summed E-state index contributed by atoms with van der Waals surface area (Å²) in [6.07, 6.45) is 12.1. The van der Waals surface area contributed by atoms with Crippen LogP contribution < -0.4 is 11.1 Å². The van der Waals surface area contributed by atoms with Gasteiger partial charge in [-0.1, -0.05) is 50.7 Å². The van der Waals surface area contributed by atoms with Gasteiger partial charge in [0.1, 0.15) is 5.60 Å². The first-order valence-corrected chi connectivity index (χ1v) is 20.4. The Morgan fingerprint density at radius 3 is 1.57 bits per heavy atom. The summed E-state index contributed by atoms with van der Waals surface area (Å²) in [7, 11) is 2.80. The van der Waals surface area contributed by atoms with E-state index >= 15 is 0 Å². The van der Waals surface area contributed by atoms with E-state index in [-0.39, 0.29) is 11.9 Å². The fraction of sp³-hybridized carbons (Fsp3) is 0.537. The minimum absolute atomic E-state index is 0.303. The maximum atomic E-state index is 12.1. The number of halogens is 2. The van der Waals surface area contributed by atoms with Crippen molar-refractivity contribution in [3.63, 3.8) is 0 Å². The lowest BCUT2D eigenvalue weighted by Gasteiger charge is -2.22. The van der Waals surface area contributed by atoms with Gasteiger partial charge < -0.3 is 34.4 Å². The number of nitrogens with zero attached hydrogens (tertiary/aromatic N) is 2. The summed E-state index contributed by atoms with van der Waals surface area (Å²) in [6.45, 7) is 7.80. The predicted octanol–water partition coefficient (Wildman–Crippen LogP) is 9.96. The normalized spacial score (nSPS) is 15.5. The number of alkyl carbamates (subject to hydrolysis) is 1. The second kappa shape index (κ2) is 18.3. The molecule has 53 heavy (non-hydrogen) atoms. The Morgan fingerprint density at radius 1 is 0.736 bits per heavy atom. The van der Waals surface area contributed by atoms with Crippen molar-refractivity contribution >= 4 is 71.7 Å². The molecule has 6 rings (SSSR count). The molecule has 0 saturated heterocycles. The van der Waals surface area contributed by atoms with Gasteiger partial charge in [0.2, 0.25) is 0 Å². The van der Waals surface area contributed by atoms with Crippen molar-refractivity contribution in [3.8, 4) is 0 Å². The van der Waals surface area contributed by atoms with Crippen LogP contribution >= 0.6 is 31.9 Å². The highest BCUT2D eigenvalue weighted by molar-refractivity contribution is 9.10. The summed E-state index contributed by atoms with van der Waals surface area (Å²) in [4.78, 5) is 35.9. The van der Waals surface area contributed by atoms with Crippen LogP contribution in [0.5, 0.6) is 0 Å². The lowest BCUT2D eigenvalue weighted by molar-refractivity contribution is 0.0524. The smallest absolute Gasteiger partial charge is 0.407 e. The van der Waals surface area contributed by atoms with Gasteiger partial charge >= 0.3 is 18.0 Å². The summed E-state index contributed by atoms with van der Waals surface area (Å²) in [5, 5.41) is 5.20. The van der Waals surface area contributed by atoms with E-state index in [1.165, 1.54) is 94.9 Å². The van der Waals surface area contributed by atoms with Crippen LogP contribution in [0.15, 0.2) is 45.6 Å². The number of carbonyl (C=O) groups is 3. The van der Waals surface area contributed by atoms with Crippen LogP contribution in [0.3, 0.4) is 0 Å². The molecule has 2 saturated carbocycles. The number of methoxy groups -OCH3 is 2. The van der Waals surface area contributed by atoms with Crippen LogP contribution in [0.2, 0.25) is 0 Å². The lowest BCUT2D eigenvalue weighted by Crippen LogP contribution is -2.34. The number of esters is 2. The summed E-state index contributed by atoms with van der Waals surface area (Å²) in [5.74, 6) is 0.429. The Balaban J connectivity index is 0.000000211. The molecule has 1 amide bonds. The zero-order valence-electron chi connectivity index (χ0n) is 31.7. The zero-order valence-corrected chi connectivity index (χ0v) is 34.9. The fourth-order valence-corrected chi connectivity index (χ4v) is 9.70. The van der Waals surface area contributed by atoms with Crippen molar-refractivity contribution < 1.29 is 28.6 Å². The summed E-state index contributed by atoms with van der Waals surface area (Å²) in [6, 6.07) is 11.6. The van der Waals surface area contributed by atoms with Crippen LogP contribution in [-0.4, -0.2) is 60.1 Å². The summed E-state index contributed by atoms with van der Waals surface area (Å²) >= 11 is 7.63. The number of ether oxygens (including phenoxy) is 3. The molecule has 12 heteroatoms. The van der Waals surface area contributed by atoms with Gasteiger partial charge in [-0.3, -0.25) is 0 Å². The molecule has 0 bridgehead atoms. The van der Waals surface area contributed by atoms with Gasteiger partial charge in [0, 0.05) is 37.0 Å². The van der Waals surface area contributed by atoms with E-state index in [4.69, 9.17) is 19.9 Å². The summed E-state index contributed by atoms with van der Waals surface area (Å²) < 4.78 is 21.5. The summed E-state index contributed by atoms with van der Waals surface area (Å²) in [5.41, 5.74) is 11.1. The van der Waals surface area contributed by atoms with Gasteiger partial charge in [0.05, 0.1) is 45.6 Å². The number of nitrogens with one attached hydrogen (secondary N) is 1. The molecule has 2 heterocycles. The fourth-order valence-electron chi connectivity index (χ4n) is 7.89. The second-order valence-corrected chi connectivity index (χ2v) is 16.5. The third-order valence-electron chi connectivity index (χ3n) is 10.3. The first kappa shape index (κ1) is 40.8. The predicted molar refractivity (Wildman–Crippen MR) is 217 cm³/mol. The minimum atomic E-state index is -0.533. The van der Waals surface area contributed by atoms with E-state index in [2.05, 4.69) is 52.4 Å². The first-order chi connectivity index (χ1) is 25.4. The van der Waals surface area contributed by atoms with Crippen molar-refractivity contribution in [1.29, 1.82) is 0 Å². The van der Waals surface area contributed by atoms with E-state index < -0.39 is 11.7 Å². The van der Waals surface area contributed by atoms with E-state index in [0.29, 0.717) is 42.6 Å². The molecule has 0 aliphatic heterocycles. The number of rotatable bonds is 9. The van der Waals surface area contributed by atoms with Crippen molar-refractivity contribution in [2.75, 3.05) is 27.3 Å².